The van der Waals surface area contributed by atoms with Crippen LogP contribution < -0.4 is 11.4 Å². The molecule has 102 heavy (non-hydrogen) atoms. The summed E-state index contributed by atoms with van der Waals surface area (Å²) < 4.78 is 16.6. The van der Waals surface area contributed by atoms with E-state index in [2.05, 4.69) is 297 Å². The van der Waals surface area contributed by atoms with Crippen LogP contribution in [0.1, 0.15) is 0 Å². The Morgan fingerprint density at radius 2 is 0.343 bits per heavy atom. The van der Waals surface area contributed by atoms with Crippen LogP contribution in [0, 0.1) is 0 Å². The molecular formula is C92H58N8O2. The van der Waals surface area contributed by atoms with Gasteiger partial charge in [0.1, 0.15) is 0 Å². The van der Waals surface area contributed by atoms with E-state index >= 15 is 9.59 Å². The second-order valence-corrected chi connectivity index (χ2v) is 26.4. The molecule has 21 aromatic rings. The highest BCUT2D eigenvalue weighted by atomic mass is 16.2. The summed E-state index contributed by atoms with van der Waals surface area (Å²) in [5.74, 6) is 0. The molecule has 6 aromatic heterocycles. The van der Waals surface area contributed by atoms with Gasteiger partial charge in [0.25, 0.3) is 0 Å². The average Bonchev–Trinajstić information content (AvgIpc) is 1.57. The van der Waals surface area contributed by atoms with Crippen LogP contribution in [0.25, 0.3) is 177 Å². The highest BCUT2D eigenvalue weighted by Gasteiger charge is 2.24. The van der Waals surface area contributed by atoms with Crippen LogP contribution in [0.5, 0.6) is 0 Å². The Labute approximate surface area is 583 Å². The smallest absolute Gasteiger partial charge is 0.309 e. The fraction of sp³-hybridized carbons (Fsp3) is 0. The van der Waals surface area contributed by atoms with Crippen molar-refractivity contribution in [3.63, 3.8) is 0 Å². The Morgan fingerprint density at radius 1 is 0.157 bits per heavy atom. The van der Waals surface area contributed by atoms with Crippen molar-refractivity contribution < 1.29 is 0 Å². The maximum Gasteiger partial charge on any atom is 0.338 e. The van der Waals surface area contributed by atoms with Gasteiger partial charge < -0.3 is 18.3 Å². The summed E-state index contributed by atoms with van der Waals surface area (Å²) >= 11 is 0. The molecule has 0 fully saturated rings. The molecule has 0 N–H and O–H groups in total. The van der Waals surface area contributed by atoms with E-state index in [1.54, 1.807) is 18.3 Å². The maximum atomic E-state index is 15.4. The number of para-hydroxylation sites is 12. The van der Waals surface area contributed by atoms with E-state index in [9.17, 15) is 0 Å². The zero-order valence-electron chi connectivity index (χ0n) is 54.9. The summed E-state index contributed by atoms with van der Waals surface area (Å²) in [4.78, 5) is 30.7. The SMILES string of the molecule is O=c1n(-c2ccc(-c3cc(-n4c5ccccc5c5ccccc54)ccc3-n3c4ccccc4c4ccccc43)cc2)c2ccccc2n1-c1ccc(-n2c(=O)n(-c3ccc(-c4cc(-n5c6ccccc6c6ccccc65)ccc4-n4c5ccccc5c5ccccc54)cc3)c3ccccc32)cc1. The molecule has 478 valence electrons. The van der Waals surface area contributed by atoms with E-state index in [0.29, 0.717) is 11.4 Å². The zero-order chi connectivity index (χ0) is 67.3. The third-order valence-corrected chi connectivity index (χ3v) is 21.0. The van der Waals surface area contributed by atoms with Gasteiger partial charge in [-0.3, -0.25) is 18.3 Å². The average molecular weight is 1310 g/mol. The summed E-state index contributed by atoms with van der Waals surface area (Å²) in [6.07, 6.45) is 0. The number of rotatable bonds is 10. The van der Waals surface area contributed by atoms with Crippen molar-refractivity contribution in [3.05, 3.63) is 373 Å². The first-order chi connectivity index (χ1) is 50.5. The Hall–Kier alpha value is -14.0. The van der Waals surface area contributed by atoms with E-state index in [1.165, 1.54) is 43.1 Å². The molecule has 10 heteroatoms. The van der Waals surface area contributed by atoms with E-state index < -0.39 is 0 Å². The van der Waals surface area contributed by atoms with Gasteiger partial charge in [0.2, 0.25) is 0 Å². The van der Waals surface area contributed by atoms with E-state index in [4.69, 9.17) is 0 Å². The van der Waals surface area contributed by atoms with Crippen LogP contribution in [0.15, 0.2) is 361 Å². The van der Waals surface area contributed by atoms with Crippen LogP contribution in [0.4, 0.5) is 0 Å². The topological polar surface area (TPSA) is 73.6 Å². The number of hydrogen-bond acceptors (Lipinski definition) is 2. The maximum absolute atomic E-state index is 15.4. The number of fused-ring (bicyclic) bond motifs is 14. The predicted octanol–water partition coefficient (Wildman–Crippen LogP) is 21.6. The number of aromatic nitrogens is 8. The van der Waals surface area contributed by atoms with Crippen molar-refractivity contribution in [2.75, 3.05) is 0 Å². The third kappa shape index (κ3) is 8.41. The third-order valence-electron chi connectivity index (χ3n) is 21.0. The molecule has 0 atom stereocenters. The summed E-state index contributed by atoms with van der Waals surface area (Å²) in [5, 5.41) is 9.55. The molecule has 0 spiro atoms. The van der Waals surface area contributed by atoms with E-state index in [1.807, 2.05) is 72.8 Å². The first kappa shape index (κ1) is 57.1. The lowest BCUT2D eigenvalue weighted by Crippen LogP contribution is -2.23. The minimum atomic E-state index is -0.214. The van der Waals surface area contributed by atoms with Crippen molar-refractivity contribution in [2.24, 2.45) is 0 Å². The first-order valence-electron chi connectivity index (χ1n) is 34.5. The Balaban J connectivity index is 0.651. The molecular weight excluding hydrogens is 1250 g/mol. The minimum absolute atomic E-state index is 0.214. The van der Waals surface area contributed by atoms with Crippen molar-refractivity contribution in [2.45, 2.75) is 0 Å². The molecule has 0 radical (unpaired) electrons. The fourth-order valence-electron chi connectivity index (χ4n) is 16.6. The van der Waals surface area contributed by atoms with E-state index in [-0.39, 0.29) is 11.4 Å². The molecule has 0 aliphatic heterocycles. The van der Waals surface area contributed by atoms with Crippen molar-refractivity contribution in [3.8, 4) is 67.8 Å². The number of imidazole rings is 2. The van der Waals surface area contributed by atoms with Gasteiger partial charge in [0, 0.05) is 65.6 Å². The van der Waals surface area contributed by atoms with Gasteiger partial charge in [0.15, 0.2) is 0 Å². The monoisotopic (exact) mass is 1310 g/mol. The van der Waals surface area contributed by atoms with Crippen molar-refractivity contribution in [1.82, 2.24) is 36.5 Å². The summed E-state index contributed by atoms with van der Waals surface area (Å²) in [5.41, 5.74) is 22.7. The number of nitrogens with zero attached hydrogens (tertiary/aromatic N) is 8. The quantitative estimate of drug-likeness (QED) is 0.137. The first-order valence-corrected chi connectivity index (χ1v) is 34.5. The highest BCUT2D eigenvalue weighted by Crippen LogP contribution is 2.43. The van der Waals surface area contributed by atoms with Gasteiger partial charge in [-0.15, -0.1) is 0 Å². The summed E-state index contributed by atoms with van der Waals surface area (Å²) in [6.45, 7) is 0. The zero-order valence-corrected chi connectivity index (χ0v) is 54.9. The van der Waals surface area contributed by atoms with Gasteiger partial charge in [-0.1, -0.05) is 194 Å². The molecule has 15 aromatic carbocycles. The molecule has 10 nitrogen and oxygen atoms in total. The van der Waals surface area contributed by atoms with E-state index in [0.717, 1.165) is 123 Å². The van der Waals surface area contributed by atoms with Gasteiger partial charge in [-0.2, -0.15) is 0 Å². The molecule has 0 bridgehead atoms. The Bertz CT molecular complexity index is 6520. The Kier molecular flexibility index (Phi) is 12.5. The fourth-order valence-corrected chi connectivity index (χ4v) is 16.6. The van der Waals surface area contributed by atoms with Crippen LogP contribution in [0.2, 0.25) is 0 Å². The van der Waals surface area contributed by atoms with Crippen LogP contribution in [0.3, 0.4) is 0 Å². The summed E-state index contributed by atoms with van der Waals surface area (Å²) in [7, 11) is 0. The van der Waals surface area contributed by atoms with Crippen LogP contribution in [-0.2, 0) is 0 Å². The van der Waals surface area contributed by atoms with Gasteiger partial charge in [-0.25, -0.2) is 9.59 Å². The largest absolute Gasteiger partial charge is 0.338 e. The lowest BCUT2D eigenvalue weighted by Gasteiger charge is -2.17. The standard InChI is InChI=1S/C92H58N8O2/c101-91-95(61-45-41-59(42-46-61)75-57-65(93-77-29-9-1-21-67(77)68-22-2-10-30-78(68)93)53-55-85(75)99-81-33-13-5-25-71(81)72-26-6-14-34-82(72)99)87-37-17-19-39-89(87)97(91)63-49-51-64(52-50-63)98-90-40-20-18-38-88(90)96(92(98)102)62-47-43-60(44-48-62)76-58-66(94-79-31-11-3-23-69(79)70-24-4-12-32-80(70)94)54-56-86(76)100-83-35-15-7-27-73(83)74-28-8-16-36-84(74)100/h1-58H. The number of benzene rings is 15. The van der Waals surface area contributed by atoms with Gasteiger partial charge in [0.05, 0.1) is 100 Å². The molecule has 0 saturated carbocycles. The molecule has 0 unspecified atom stereocenters. The summed E-state index contributed by atoms with van der Waals surface area (Å²) in [6, 6.07) is 123. The lowest BCUT2D eigenvalue weighted by molar-refractivity contribution is 0.919. The molecule has 0 aliphatic rings. The highest BCUT2D eigenvalue weighted by molar-refractivity contribution is 6.13. The van der Waals surface area contributed by atoms with Gasteiger partial charge in [-0.05, 0) is 169 Å². The molecule has 0 amide bonds. The molecule has 0 saturated heterocycles. The van der Waals surface area contributed by atoms with Crippen molar-refractivity contribution >= 4 is 109 Å². The molecule has 0 aliphatic carbocycles. The minimum Gasteiger partial charge on any atom is -0.309 e. The second-order valence-electron chi connectivity index (χ2n) is 26.4. The lowest BCUT2D eigenvalue weighted by atomic mass is 10.0. The number of hydrogen-bond donors (Lipinski definition) is 0. The molecule has 6 heterocycles. The van der Waals surface area contributed by atoms with Crippen molar-refractivity contribution in [1.29, 1.82) is 0 Å². The Morgan fingerprint density at radius 3 is 0.578 bits per heavy atom. The molecule has 21 rings (SSSR count). The van der Waals surface area contributed by atoms with Crippen LogP contribution >= 0.6 is 0 Å². The van der Waals surface area contributed by atoms with Crippen LogP contribution in [-0.4, -0.2) is 36.5 Å². The second kappa shape index (κ2) is 22.3. The predicted molar refractivity (Wildman–Crippen MR) is 420 cm³/mol. The normalized spacial score (nSPS) is 12.0. The van der Waals surface area contributed by atoms with Gasteiger partial charge >= 0.3 is 11.4 Å².